The Kier molecular flexibility index (Phi) is 4.49. The van der Waals surface area contributed by atoms with Crippen LogP contribution in [0.3, 0.4) is 0 Å². The second-order valence-electron chi connectivity index (χ2n) is 5.04. The minimum atomic E-state index is -0.346. The molecule has 2 amide bonds. The number of furan rings is 1. The molecular weight excluding hydrogens is 380 g/mol. The molecule has 2 N–H and O–H groups in total. The van der Waals surface area contributed by atoms with Gasteiger partial charge in [0.15, 0.2) is 0 Å². The first-order chi connectivity index (χ1) is 11.0. The highest BCUT2D eigenvalue weighted by Gasteiger charge is 2.13. The second-order valence-corrected chi connectivity index (χ2v) is 7.51. The van der Waals surface area contributed by atoms with Gasteiger partial charge in [0, 0.05) is 10.9 Å². The fraction of sp³-hybridized carbons (Fsp3) is 0.125. The molecule has 0 bridgehead atoms. The molecule has 0 fully saturated rings. The van der Waals surface area contributed by atoms with E-state index in [1.807, 2.05) is 25.1 Å². The van der Waals surface area contributed by atoms with Crippen molar-refractivity contribution in [3.63, 3.8) is 0 Å². The van der Waals surface area contributed by atoms with Crippen molar-refractivity contribution in [3.8, 4) is 0 Å². The maximum atomic E-state index is 12.0. The van der Waals surface area contributed by atoms with E-state index in [-0.39, 0.29) is 18.2 Å². The number of fused-ring (bicyclic) bond motifs is 1. The summed E-state index contributed by atoms with van der Waals surface area (Å²) in [5.41, 5.74) is 7.45. The SMILES string of the molecule is Cc1ccc2c(CC(=O)NNC(=O)c3ccc(Br)s3)coc2c1. The third-order valence-electron chi connectivity index (χ3n) is 3.27. The van der Waals surface area contributed by atoms with Crippen molar-refractivity contribution in [1.29, 1.82) is 0 Å². The summed E-state index contributed by atoms with van der Waals surface area (Å²) in [4.78, 5) is 24.4. The summed E-state index contributed by atoms with van der Waals surface area (Å²) in [6, 6.07) is 9.28. The van der Waals surface area contributed by atoms with Crippen molar-refractivity contribution in [3.05, 3.63) is 56.4 Å². The molecule has 2 aromatic heterocycles. The molecule has 0 saturated carbocycles. The third kappa shape index (κ3) is 3.62. The smallest absolute Gasteiger partial charge is 0.279 e. The molecule has 0 aliphatic rings. The van der Waals surface area contributed by atoms with Gasteiger partial charge in [0.05, 0.1) is 21.3 Å². The minimum absolute atomic E-state index is 0.129. The molecule has 0 atom stereocenters. The fourth-order valence-corrected chi connectivity index (χ4v) is 3.45. The first-order valence-corrected chi connectivity index (χ1v) is 8.45. The van der Waals surface area contributed by atoms with Gasteiger partial charge in [-0.1, -0.05) is 12.1 Å². The van der Waals surface area contributed by atoms with E-state index in [0.717, 1.165) is 25.9 Å². The number of carbonyl (C=O) groups excluding carboxylic acids is 2. The average molecular weight is 393 g/mol. The van der Waals surface area contributed by atoms with Gasteiger partial charge in [-0.25, -0.2) is 0 Å². The minimum Gasteiger partial charge on any atom is -0.464 e. The summed E-state index contributed by atoms with van der Waals surface area (Å²) < 4.78 is 6.31. The number of rotatable bonds is 3. The lowest BCUT2D eigenvalue weighted by atomic mass is 10.1. The van der Waals surface area contributed by atoms with Crippen LogP contribution < -0.4 is 10.9 Å². The van der Waals surface area contributed by atoms with E-state index < -0.39 is 0 Å². The van der Waals surface area contributed by atoms with Crippen LogP contribution in [-0.2, 0) is 11.2 Å². The zero-order valence-corrected chi connectivity index (χ0v) is 14.6. The molecular formula is C16H13BrN2O3S. The Morgan fingerprint density at radius 1 is 1.22 bits per heavy atom. The predicted molar refractivity (Wildman–Crippen MR) is 92.3 cm³/mol. The number of nitrogens with one attached hydrogen (secondary N) is 2. The quantitative estimate of drug-likeness (QED) is 0.669. The summed E-state index contributed by atoms with van der Waals surface area (Å²) >= 11 is 4.58. The number of hydrogen-bond donors (Lipinski definition) is 2. The number of amides is 2. The Balaban J connectivity index is 1.61. The molecule has 0 aliphatic heterocycles. The van der Waals surface area contributed by atoms with Crippen molar-refractivity contribution in [2.75, 3.05) is 0 Å². The molecule has 3 aromatic rings. The molecule has 0 saturated heterocycles. The molecule has 118 valence electrons. The molecule has 23 heavy (non-hydrogen) atoms. The number of aryl methyl sites for hydroxylation is 1. The predicted octanol–water partition coefficient (Wildman–Crippen LogP) is 3.57. The van der Waals surface area contributed by atoms with Gasteiger partial charge in [0.2, 0.25) is 5.91 Å². The Hall–Kier alpha value is -2.12. The Bertz CT molecular complexity index is 884. The van der Waals surface area contributed by atoms with Crippen LogP contribution in [0, 0.1) is 6.92 Å². The lowest BCUT2D eigenvalue weighted by Gasteiger charge is -2.05. The first-order valence-electron chi connectivity index (χ1n) is 6.84. The molecule has 0 aliphatic carbocycles. The van der Waals surface area contributed by atoms with Crippen LogP contribution in [0.25, 0.3) is 11.0 Å². The van der Waals surface area contributed by atoms with E-state index in [1.165, 1.54) is 11.3 Å². The van der Waals surface area contributed by atoms with Crippen LogP contribution in [-0.4, -0.2) is 11.8 Å². The summed E-state index contributed by atoms with van der Waals surface area (Å²) in [6.45, 7) is 1.98. The van der Waals surface area contributed by atoms with Crippen molar-refractivity contribution < 1.29 is 14.0 Å². The molecule has 7 heteroatoms. The van der Waals surface area contributed by atoms with Gasteiger partial charge in [0.1, 0.15) is 5.58 Å². The molecule has 0 radical (unpaired) electrons. The van der Waals surface area contributed by atoms with Gasteiger partial charge in [-0.3, -0.25) is 20.4 Å². The van der Waals surface area contributed by atoms with Gasteiger partial charge in [-0.15, -0.1) is 11.3 Å². The van der Waals surface area contributed by atoms with E-state index in [1.54, 1.807) is 18.4 Å². The van der Waals surface area contributed by atoms with Crippen LogP contribution in [0.1, 0.15) is 20.8 Å². The van der Waals surface area contributed by atoms with Crippen molar-refractivity contribution in [1.82, 2.24) is 10.9 Å². The number of halogens is 1. The number of thiophene rings is 1. The summed E-state index contributed by atoms with van der Waals surface area (Å²) in [7, 11) is 0. The van der Waals surface area contributed by atoms with Crippen LogP contribution in [0.5, 0.6) is 0 Å². The summed E-state index contributed by atoms with van der Waals surface area (Å²) in [5.74, 6) is -0.654. The van der Waals surface area contributed by atoms with Crippen LogP contribution in [0.2, 0.25) is 0 Å². The maximum absolute atomic E-state index is 12.0. The molecule has 5 nitrogen and oxygen atoms in total. The van der Waals surface area contributed by atoms with Crippen molar-refractivity contribution in [2.45, 2.75) is 13.3 Å². The van der Waals surface area contributed by atoms with Crippen molar-refractivity contribution >= 4 is 50.1 Å². The highest BCUT2D eigenvalue weighted by molar-refractivity contribution is 9.11. The van der Waals surface area contributed by atoms with Crippen molar-refractivity contribution in [2.24, 2.45) is 0 Å². The lowest BCUT2D eigenvalue weighted by Crippen LogP contribution is -2.42. The van der Waals surface area contributed by atoms with Gasteiger partial charge in [0.25, 0.3) is 5.91 Å². The maximum Gasteiger partial charge on any atom is 0.279 e. The van der Waals surface area contributed by atoms with E-state index in [2.05, 4.69) is 26.8 Å². The molecule has 3 rings (SSSR count). The zero-order chi connectivity index (χ0) is 16.4. The topological polar surface area (TPSA) is 71.3 Å². The van der Waals surface area contributed by atoms with Gasteiger partial charge in [-0.2, -0.15) is 0 Å². The average Bonchev–Trinajstić information content (AvgIpc) is 3.11. The largest absolute Gasteiger partial charge is 0.464 e. The van der Waals surface area contributed by atoms with Gasteiger partial charge >= 0.3 is 0 Å². The number of hydrogen-bond acceptors (Lipinski definition) is 4. The fourth-order valence-electron chi connectivity index (χ4n) is 2.17. The summed E-state index contributed by atoms with van der Waals surface area (Å²) in [5, 5.41) is 0.902. The molecule has 0 unspecified atom stereocenters. The third-order valence-corrected chi connectivity index (χ3v) is 4.90. The van der Waals surface area contributed by atoms with E-state index in [4.69, 9.17) is 4.42 Å². The van der Waals surface area contributed by atoms with Crippen LogP contribution in [0.4, 0.5) is 0 Å². The number of benzene rings is 1. The molecule has 0 spiro atoms. The standard InChI is InChI=1S/C16H13BrN2O3S/c1-9-2-3-11-10(8-22-12(11)6-9)7-15(20)18-19-16(21)13-4-5-14(17)23-13/h2-6,8H,7H2,1H3,(H,18,20)(H,19,21). The second kappa shape index (κ2) is 6.55. The Morgan fingerprint density at radius 3 is 2.78 bits per heavy atom. The highest BCUT2D eigenvalue weighted by atomic mass is 79.9. The van der Waals surface area contributed by atoms with Crippen LogP contribution >= 0.6 is 27.3 Å². The summed E-state index contributed by atoms with van der Waals surface area (Å²) in [6.07, 6.45) is 1.70. The molecule has 2 heterocycles. The Morgan fingerprint density at radius 2 is 2.04 bits per heavy atom. The zero-order valence-electron chi connectivity index (χ0n) is 12.2. The Labute approximate surface area is 144 Å². The normalized spacial score (nSPS) is 10.7. The number of carbonyl (C=O) groups is 2. The van der Waals surface area contributed by atoms with Gasteiger partial charge < -0.3 is 4.42 Å². The van der Waals surface area contributed by atoms with E-state index in [0.29, 0.717) is 4.88 Å². The monoisotopic (exact) mass is 392 g/mol. The first kappa shape index (κ1) is 15.8. The van der Waals surface area contributed by atoms with E-state index in [9.17, 15) is 9.59 Å². The van der Waals surface area contributed by atoms with E-state index >= 15 is 0 Å². The van der Waals surface area contributed by atoms with Crippen LogP contribution in [0.15, 0.2) is 44.8 Å². The lowest BCUT2D eigenvalue weighted by molar-refractivity contribution is -0.121. The highest BCUT2D eigenvalue weighted by Crippen LogP contribution is 2.23. The number of hydrazine groups is 1. The van der Waals surface area contributed by atoms with Gasteiger partial charge in [-0.05, 0) is 46.6 Å². The molecule has 1 aromatic carbocycles.